The maximum Gasteiger partial charge on any atom is 0.0992 e. The summed E-state index contributed by atoms with van der Waals surface area (Å²) in [6.45, 7) is 1.98. The molecule has 0 unspecified atom stereocenters. The monoisotopic (exact) mass is 257 g/mol. The Hall–Kier alpha value is -2.18. The third-order valence-electron chi connectivity index (χ3n) is 2.57. The molecule has 0 bridgehead atoms. The lowest BCUT2D eigenvalue weighted by Gasteiger charge is -2.11. The fraction of sp³-hybridized carbons (Fsp3) is 0.0714. The molecule has 4 heteroatoms. The first-order chi connectivity index (χ1) is 8.60. The molecule has 0 fully saturated rings. The van der Waals surface area contributed by atoms with E-state index in [1.807, 2.05) is 25.1 Å². The number of nitrogens with one attached hydrogen (secondary N) is 1. The number of halogens is 1. The Balaban J connectivity index is 2.39. The summed E-state index contributed by atoms with van der Waals surface area (Å²) in [5.41, 5.74) is 9.54. The van der Waals surface area contributed by atoms with Gasteiger partial charge < -0.3 is 11.1 Å². The van der Waals surface area contributed by atoms with Crippen LogP contribution in [0.5, 0.6) is 0 Å². The molecule has 0 heterocycles. The summed E-state index contributed by atoms with van der Waals surface area (Å²) in [4.78, 5) is 0. The minimum Gasteiger partial charge on any atom is -0.397 e. The number of hydrogen-bond donors (Lipinski definition) is 2. The second-order valence-corrected chi connectivity index (χ2v) is 4.43. The van der Waals surface area contributed by atoms with Crippen molar-refractivity contribution in [3.05, 3.63) is 52.5 Å². The molecule has 0 amide bonds. The molecule has 2 aromatic carbocycles. The van der Waals surface area contributed by atoms with E-state index in [-0.39, 0.29) is 0 Å². The van der Waals surface area contributed by atoms with E-state index in [9.17, 15) is 0 Å². The quantitative estimate of drug-likeness (QED) is 0.804. The average molecular weight is 258 g/mol. The summed E-state index contributed by atoms with van der Waals surface area (Å²) < 4.78 is 0. The molecule has 0 saturated heterocycles. The summed E-state index contributed by atoms with van der Waals surface area (Å²) >= 11 is 6.10. The predicted molar refractivity (Wildman–Crippen MR) is 75.0 cm³/mol. The Morgan fingerprint density at radius 2 is 1.94 bits per heavy atom. The van der Waals surface area contributed by atoms with Gasteiger partial charge in [0.15, 0.2) is 0 Å². The van der Waals surface area contributed by atoms with Gasteiger partial charge in [-0.3, -0.25) is 0 Å². The van der Waals surface area contributed by atoms with Gasteiger partial charge in [0.25, 0.3) is 0 Å². The van der Waals surface area contributed by atoms with E-state index < -0.39 is 0 Å². The highest BCUT2D eigenvalue weighted by Crippen LogP contribution is 2.29. The van der Waals surface area contributed by atoms with E-state index >= 15 is 0 Å². The summed E-state index contributed by atoms with van der Waals surface area (Å²) in [6, 6.07) is 12.8. The van der Waals surface area contributed by atoms with Crippen LogP contribution in [0, 0.1) is 18.3 Å². The number of benzene rings is 2. The topological polar surface area (TPSA) is 61.8 Å². The van der Waals surface area contributed by atoms with Crippen LogP contribution < -0.4 is 11.1 Å². The minimum absolute atomic E-state index is 0.551. The first-order valence-corrected chi connectivity index (χ1v) is 5.81. The summed E-state index contributed by atoms with van der Waals surface area (Å²) in [5, 5.41) is 12.6. The molecule has 0 atom stereocenters. The van der Waals surface area contributed by atoms with Crippen molar-refractivity contribution in [1.82, 2.24) is 0 Å². The van der Waals surface area contributed by atoms with Gasteiger partial charge in [-0.25, -0.2) is 0 Å². The molecule has 2 rings (SSSR count). The normalized spacial score (nSPS) is 9.83. The molecule has 0 aliphatic carbocycles. The second kappa shape index (κ2) is 4.99. The predicted octanol–water partition coefficient (Wildman–Crippen LogP) is 3.85. The number of nitrogen functional groups attached to an aromatic ring is 1. The Morgan fingerprint density at radius 3 is 2.67 bits per heavy atom. The van der Waals surface area contributed by atoms with Gasteiger partial charge >= 0.3 is 0 Å². The summed E-state index contributed by atoms with van der Waals surface area (Å²) in [5.74, 6) is 0. The number of nitrogens with two attached hydrogens (primary N) is 1. The van der Waals surface area contributed by atoms with Crippen LogP contribution >= 0.6 is 11.6 Å². The summed E-state index contributed by atoms with van der Waals surface area (Å²) in [7, 11) is 0. The zero-order chi connectivity index (χ0) is 13.1. The molecule has 2 aromatic rings. The number of aryl methyl sites for hydroxylation is 1. The Kier molecular flexibility index (Phi) is 3.40. The second-order valence-electron chi connectivity index (χ2n) is 4.02. The zero-order valence-corrected chi connectivity index (χ0v) is 10.6. The van der Waals surface area contributed by atoms with Crippen LogP contribution in [0.4, 0.5) is 17.1 Å². The Bertz CT molecular complexity index is 629. The number of nitrogens with zero attached hydrogens (tertiary/aromatic N) is 1. The molecule has 0 radical (unpaired) electrons. The van der Waals surface area contributed by atoms with Crippen LogP contribution in [0.15, 0.2) is 36.4 Å². The molecule has 0 aliphatic heterocycles. The van der Waals surface area contributed by atoms with E-state index in [0.717, 1.165) is 11.3 Å². The molecule has 90 valence electrons. The lowest BCUT2D eigenvalue weighted by molar-refractivity contribution is 1.44. The maximum absolute atomic E-state index is 8.87. The van der Waals surface area contributed by atoms with Crippen molar-refractivity contribution in [1.29, 1.82) is 5.26 Å². The van der Waals surface area contributed by atoms with Crippen molar-refractivity contribution in [3.8, 4) is 6.07 Å². The largest absolute Gasteiger partial charge is 0.397 e. The molecule has 3 nitrogen and oxygen atoms in total. The highest BCUT2D eigenvalue weighted by molar-refractivity contribution is 6.33. The standard InChI is InChI=1S/C14H12ClN3/c1-9-2-4-11(15)13(6-9)18-14-7-10(8-16)3-5-12(14)17/h2-7,18H,17H2,1H3. The fourth-order valence-corrected chi connectivity index (χ4v) is 1.78. The van der Waals surface area contributed by atoms with Crippen LogP contribution in [0.3, 0.4) is 0 Å². The maximum atomic E-state index is 8.87. The van der Waals surface area contributed by atoms with E-state index in [4.69, 9.17) is 22.6 Å². The molecule has 0 saturated carbocycles. The molecule has 0 aliphatic rings. The van der Waals surface area contributed by atoms with Gasteiger partial charge in [0, 0.05) is 0 Å². The average Bonchev–Trinajstić information content (AvgIpc) is 2.36. The molecular formula is C14H12ClN3. The van der Waals surface area contributed by atoms with Crippen LogP contribution in [0.25, 0.3) is 0 Å². The number of nitriles is 1. The zero-order valence-electron chi connectivity index (χ0n) is 9.87. The van der Waals surface area contributed by atoms with Crippen LogP contribution in [-0.2, 0) is 0 Å². The third-order valence-corrected chi connectivity index (χ3v) is 2.90. The number of rotatable bonds is 2. The number of hydrogen-bond acceptors (Lipinski definition) is 3. The van der Waals surface area contributed by atoms with Gasteiger partial charge in [0.1, 0.15) is 0 Å². The lowest BCUT2D eigenvalue weighted by atomic mass is 10.1. The lowest BCUT2D eigenvalue weighted by Crippen LogP contribution is -1.97. The number of anilines is 3. The first-order valence-electron chi connectivity index (χ1n) is 5.43. The summed E-state index contributed by atoms with van der Waals surface area (Å²) in [6.07, 6.45) is 0. The molecule has 0 spiro atoms. The van der Waals surface area contributed by atoms with Gasteiger partial charge in [0.05, 0.1) is 33.7 Å². The van der Waals surface area contributed by atoms with Crippen LogP contribution in [0.1, 0.15) is 11.1 Å². The molecular weight excluding hydrogens is 246 g/mol. The molecule has 18 heavy (non-hydrogen) atoms. The van der Waals surface area contributed by atoms with E-state index in [2.05, 4.69) is 11.4 Å². The van der Waals surface area contributed by atoms with Crippen molar-refractivity contribution < 1.29 is 0 Å². The van der Waals surface area contributed by atoms with E-state index in [1.54, 1.807) is 18.2 Å². The van der Waals surface area contributed by atoms with Crippen LogP contribution in [-0.4, -0.2) is 0 Å². The van der Waals surface area contributed by atoms with Gasteiger partial charge in [0.2, 0.25) is 0 Å². The Morgan fingerprint density at radius 1 is 1.17 bits per heavy atom. The van der Waals surface area contributed by atoms with Crippen molar-refractivity contribution >= 4 is 28.7 Å². The fourth-order valence-electron chi connectivity index (χ4n) is 1.61. The van der Waals surface area contributed by atoms with E-state index in [0.29, 0.717) is 22.0 Å². The van der Waals surface area contributed by atoms with Gasteiger partial charge in [-0.05, 0) is 42.8 Å². The highest BCUT2D eigenvalue weighted by Gasteiger charge is 2.05. The third kappa shape index (κ3) is 2.55. The van der Waals surface area contributed by atoms with Crippen molar-refractivity contribution in [2.45, 2.75) is 6.92 Å². The van der Waals surface area contributed by atoms with Crippen molar-refractivity contribution in [2.75, 3.05) is 11.1 Å². The van der Waals surface area contributed by atoms with Gasteiger partial charge in [-0.2, -0.15) is 5.26 Å². The van der Waals surface area contributed by atoms with Crippen LogP contribution in [0.2, 0.25) is 5.02 Å². The van der Waals surface area contributed by atoms with Crippen molar-refractivity contribution in [3.63, 3.8) is 0 Å². The van der Waals surface area contributed by atoms with Gasteiger partial charge in [-0.15, -0.1) is 0 Å². The van der Waals surface area contributed by atoms with Crippen molar-refractivity contribution in [2.24, 2.45) is 0 Å². The van der Waals surface area contributed by atoms with E-state index in [1.165, 1.54) is 0 Å². The van der Waals surface area contributed by atoms with Gasteiger partial charge in [-0.1, -0.05) is 17.7 Å². The molecule has 3 N–H and O–H groups in total. The Labute approximate surface area is 111 Å². The first kappa shape index (κ1) is 12.3. The minimum atomic E-state index is 0.551. The SMILES string of the molecule is Cc1ccc(Cl)c(Nc2cc(C#N)ccc2N)c1. The smallest absolute Gasteiger partial charge is 0.0992 e. The molecule has 0 aromatic heterocycles. The highest BCUT2D eigenvalue weighted by atomic mass is 35.5.